The van der Waals surface area contributed by atoms with Gasteiger partial charge in [0.25, 0.3) is 0 Å². The Morgan fingerprint density at radius 2 is 1.14 bits per heavy atom. The molecule has 2 atom stereocenters. The Hall–Kier alpha value is -4.85. The van der Waals surface area contributed by atoms with Crippen LogP contribution >= 0.6 is 15.9 Å². The van der Waals surface area contributed by atoms with Gasteiger partial charge in [0.1, 0.15) is 23.7 Å². The molecule has 5 aromatic rings. The molecule has 2 unspecified atom stereocenters. The van der Waals surface area contributed by atoms with E-state index in [0.717, 1.165) is 62.2 Å². The molecule has 0 amide bonds. The Balaban J connectivity index is 0.000000162. The summed E-state index contributed by atoms with van der Waals surface area (Å²) in [5, 5.41) is 0. The molecule has 7 rings (SSSR count). The van der Waals surface area contributed by atoms with Gasteiger partial charge in [-0.25, -0.2) is 4.85 Å². The first-order valence-electron chi connectivity index (χ1n) is 14.2. The number of hydrogen-bond donors (Lipinski definition) is 0. The topological polar surface area (TPSA) is 22.8 Å². The number of nitrogens with zero attached hydrogens (tertiary/aromatic N) is 1. The quantitative estimate of drug-likeness (QED) is 0.186. The van der Waals surface area contributed by atoms with Crippen LogP contribution in [0.5, 0.6) is 11.5 Å². The monoisotopic (exact) mass is 623 g/mol. The molecule has 210 valence electrons. The molecule has 5 aromatic carbocycles. The average Bonchev–Trinajstić information content (AvgIpc) is 3.06. The summed E-state index contributed by atoms with van der Waals surface area (Å²) in [5.41, 5.74) is 9.50. The SMILES string of the molecule is C=C1CC(c2ccccc2)Oc2ccc(Br)cc21.[C-]#[N+]c1cccc(-c2ccc3c(c2)C(=C)CC(c2ccccc2)O3)c1. The Morgan fingerprint density at radius 3 is 1.72 bits per heavy atom. The largest absolute Gasteiger partial charge is 0.485 e. The van der Waals surface area contributed by atoms with Crippen LogP contribution in [-0.4, -0.2) is 0 Å². The summed E-state index contributed by atoms with van der Waals surface area (Å²) in [7, 11) is 0. The zero-order chi connectivity index (χ0) is 29.8. The highest BCUT2D eigenvalue weighted by Crippen LogP contribution is 2.43. The zero-order valence-electron chi connectivity index (χ0n) is 23.7. The first kappa shape index (κ1) is 28.3. The first-order valence-corrected chi connectivity index (χ1v) is 15.0. The Labute approximate surface area is 261 Å². The molecular formula is C39H30BrNO2. The lowest BCUT2D eigenvalue weighted by Gasteiger charge is -2.28. The van der Waals surface area contributed by atoms with Crippen molar-refractivity contribution in [1.82, 2.24) is 0 Å². The predicted molar refractivity (Wildman–Crippen MR) is 179 cm³/mol. The number of ether oxygens (including phenoxy) is 2. The third-order valence-corrected chi connectivity index (χ3v) is 8.23. The van der Waals surface area contributed by atoms with Crippen molar-refractivity contribution in [2.24, 2.45) is 0 Å². The molecule has 4 heteroatoms. The van der Waals surface area contributed by atoms with Gasteiger partial charge in [-0.2, -0.15) is 0 Å². The molecule has 0 saturated carbocycles. The van der Waals surface area contributed by atoms with Gasteiger partial charge >= 0.3 is 0 Å². The zero-order valence-corrected chi connectivity index (χ0v) is 25.3. The van der Waals surface area contributed by atoms with Gasteiger partial charge in [0, 0.05) is 28.4 Å². The Morgan fingerprint density at radius 1 is 0.605 bits per heavy atom. The fraction of sp³-hybridized carbons (Fsp3) is 0.103. The maximum absolute atomic E-state index is 7.18. The van der Waals surface area contributed by atoms with Gasteiger partial charge < -0.3 is 9.47 Å². The molecule has 0 fully saturated rings. The van der Waals surface area contributed by atoms with Crippen LogP contribution in [0.2, 0.25) is 0 Å². The van der Waals surface area contributed by atoms with E-state index in [1.54, 1.807) is 0 Å². The molecule has 43 heavy (non-hydrogen) atoms. The smallest absolute Gasteiger partial charge is 0.187 e. The molecule has 0 bridgehead atoms. The van der Waals surface area contributed by atoms with Crippen LogP contribution < -0.4 is 9.47 Å². The van der Waals surface area contributed by atoms with Crippen molar-refractivity contribution in [3.63, 3.8) is 0 Å². The lowest BCUT2D eigenvalue weighted by Crippen LogP contribution is -2.14. The van der Waals surface area contributed by atoms with E-state index in [9.17, 15) is 0 Å². The van der Waals surface area contributed by atoms with Crippen molar-refractivity contribution >= 4 is 32.8 Å². The van der Waals surface area contributed by atoms with E-state index in [1.165, 1.54) is 11.1 Å². The molecule has 0 spiro atoms. The highest BCUT2D eigenvalue weighted by Gasteiger charge is 2.25. The van der Waals surface area contributed by atoms with Crippen LogP contribution in [0.25, 0.3) is 27.1 Å². The fourth-order valence-electron chi connectivity index (χ4n) is 5.49. The number of halogens is 1. The molecule has 3 nitrogen and oxygen atoms in total. The van der Waals surface area contributed by atoms with Crippen LogP contribution in [0.15, 0.2) is 139 Å². The summed E-state index contributed by atoms with van der Waals surface area (Å²) in [4.78, 5) is 3.51. The Bertz CT molecular complexity index is 1840. The van der Waals surface area contributed by atoms with E-state index in [-0.39, 0.29) is 12.2 Å². The lowest BCUT2D eigenvalue weighted by atomic mass is 9.91. The average molecular weight is 625 g/mol. The summed E-state index contributed by atoms with van der Waals surface area (Å²) in [6, 6.07) is 40.5. The minimum absolute atomic E-state index is 0.0116. The summed E-state index contributed by atoms with van der Waals surface area (Å²) in [5.74, 6) is 1.79. The standard InChI is InChI=1S/C23H17NO.C16H13BrO/c1-16-13-23(17-7-4-3-5-8-17)25-22-12-11-19(15-21(16)22)18-9-6-10-20(14-18)24-2;1-11-9-16(12-5-3-2-4-6-12)18-15-8-7-13(17)10-14(11)15/h3-12,14-15,23H,1,13H2;2-8,10,16H,1,9H2. The van der Waals surface area contributed by atoms with Gasteiger partial charge in [0.15, 0.2) is 5.69 Å². The van der Waals surface area contributed by atoms with E-state index < -0.39 is 0 Å². The molecule has 2 aliphatic heterocycles. The first-order chi connectivity index (χ1) is 21.0. The van der Waals surface area contributed by atoms with Crippen LogP contribution in [-0.2, 0) is 0 Å². The second-order valence-electron chi connectivity index (χ2n) is 10.7. The van der Waals surface area contributed by atoms with Gasteiger partial charge in [0.2, 0.25) is 0 Å². The van der Waals surface area contributed by atoms with Gasteiger partial charge in [-0.15, -0.1) is 0 Å². The molecular weight excluding hydrogens is 594 g/mol. The predicted octanol–water partition coefficient (Wildman–Crippen LogP) is 11.4. The van der Waals surface area contributed by atoms with E-state index in [2.05, 4.69) is 70.3 Å². The molecule has 2 heterocycles. The molecule has 0 radical (unpaired) electrons. The second kappa shape index (κ2) is 12.6. The van der Waals surface area contributed by atoms with Gasteiger partial charge in [0.05, 0.1) is 6.57 Å². The highest BCUT2D eigenvalue weighted by atomic mass is 79.9. The third-order valence-electron chi connectivity index (χ3n) is 7.74. The van der Waals surface area contributed by atoms with Crippen molar-refractivity contribution in [2.45, 2.75) is 25.0 Å². The molecule has 2 aliphatic rings. The fourth-order valence-corrected chi connectivity index (χ4v) is 5.85. The van der Waals surface area contributed by atoms with Crippen LogP contribution in [0, 0.1) is 6.57 Å². The van der Waals surface area contributed by atoms with Crippen molar-refractivity contribution < 1.29 is 9.47 Å². The van der Waals surface area contributed by atoms with Crippen molar-refractivity contribution in [2.75, 3.05) is 0 Å². The number of benzene rings is 5. The molecule has 0 aromatic heterocycles. The number of rotatable bonds is 3. The summed E-state index contributed by atoms with van der Waals surface area (Å²) in [6.45, 7) is 15.6. The second-order valence-corrected chi connectivity index (χ2v) is 11.6. The Kier molecular flexibility index (Phi) is 8.27. The van der Waals surface area contributed by atoms with Gasteiger partial charge in [-0.1, -0.05) is 114 Å². The normalized spacial score (nSPS) is 16.7. The van der Waals surface area contributed by atoms with Crippen LogP contribution in [0.1, 0.15) is 47.3 Å². The highest BCUT2D eigenvalue weighted by molar-refractivity contribution is 9.10. The van der Waals surface area contributed by atoms with Crippen LogP contribution in [0.4, 0.5) is 5.69 Å². The van der Waals surface area contributed by atoms with Gasteiger partial charge in [-0.3, -0.25) is 0 Å². The molecule has 0 N–H and O–H groups in total. The number of fused-ring (bicyclic) bond motifs is 2. The maximum atomic E-state index is 7.18. The summed E-state index contributed by atoms with van der Waals surface area (Å²) < 4.78 is 13.3. The van der Waals surface area contributed by atoms with Crippen LogP contribution in [0.3, 0.4) is 0 Å². The van der Waals surface area contributed by atoms with Crippen molar-refractivity contribution in [3.8, 4) is 22.6 Å². The van der Waals surface area contributed by atoms with E-state index in [0.29, 0.717) is 5.69 Å². The third kappa shape index (κ3) is 6.33. The van der Waals surface area contributed by atoms with E-state index in [1.807, 2.05) is 84.9 Å². The maximum Gasteiger partial charge on any atom is 0.187 e. The van der Waals surface area contributed by atoms with Crippen molar-refractivity contribution in [1.29, 1.82) is 0 Å². The van der Waals surface area contributed by atoms with E-state index >= 15 is 0 Å². The minimum Gasteiger partial charge on any atom is -0.485 e. The van der Waals surface area contributed by atoms with Gasteiger partial charge in [-0.05, 0) is 69.8 Å². The minimum atomic E-state index is 0.0116. The van der Waals surface area contributed by atoms with Crippen molar-refractivity contribution in [3.05, 3.63) is 173 Å². The van der Waals surface area contributed by atoms with E-state index in [4.69, 9.17) is 16.0 Å². The molecule has 0 aliphatic carbocycles. The number of hydrogen-bond acceptors (Lipinski definition) is 2. The lowest BCUT2D eigenvalue weighted by molar-refractivity contribution is 0.202. The summed E-state index contributed by atoms with van der Waals surface area (Å²) in [6.07, 6.45) is 1.71. The summed E-state index contributed by atoms with van der Waals surface area (Å²) >= 11 is 3.48. The molecule has 0 saturated heterocycles.